The summed E-state index contributed by atoms with van der Waals surface area (Å²) < 4.78 is 13.0. The normalized spacial score (nSPS) is 11.9. The molecule has 3 N–H and O–H groups in total. The first-order valence-electron chi connectivity index (χ1n) is 5.87. The van der Waals surface area contributed by atoms with Gasteiger partial charge in [0.1, 0.15) is 5.82 Å². The number of hydrogen-bond acceptors (Lipinski definition) is 3. The molecule has 0 bridgehead atoms. The SMILES string of the molecule is CN(CCc1cccc(F)c1)C(=O)C(N)CC(=O)O. The van der Waals surface area contributed by atoms with Crippen LogP contribution in [0.15, 0.2) is 24.3 Å². The smallest absolute Gasteiger partial charge is 0.305 e. The van der Waals surface area contributed by atoms with E-state index in [1.54, 1.807) is 19.2 Å². The third kappa shape index (κ3) is 5.05. The molecule has 0 fully saturated rings. The Morgan fingerprint density at radius 2 is 2.16 bits per heavy atom. The Balaban J connectivity index is 2.48. The van der Waals surface area contributed by atoms with E-state index in [-0.39, 0.29) is 5.82 Å². The maximum atomic E-state index is 13.0. The summed E-state index contributed by atoms with van der Waals surface area (Å²) in [6.45, 7) is 0.357. The van der Waals surface area contributed by atoms with Crippen LogP contribution in [-0.2, 0) is 16.0 Å². The van der Waals surface area contributed by atoms with E-state index in [4.69, 9.17) is 10.8 Å². The van der Waals surface area contributed by atoms with E-state index in [2.05, 4.69) is 0 Å². The van der Waals surface area contributed by atoms with Crippen LogP contribution in [0.3, 0.4) is 0 Å². The predicted molar refractivity (Wildman–Crippen MR) is 68.0 cm³/mol. The molecule has 19 heavy (non-hydrogen) atoms. The second-order valence-electron chi connectivity index (χ2n) is 4.34. The number of halogens is 1. The van der Waals surface area contributed by atoms with Gasteiger partial charge in [0.25, 0.3) is 0 Å². The summed E-state index contributed by atoms with van der Waals surface area (Å²) in [7, 11) is 1.54. The molecule has 1 aromatic rings. The van der Waals surface area contributed by atoms with Crippen molar-refractivity contribution in [3.05, 3.63) is 35.6 Å². The van der Waals surface area contributed by atoms with Crippen LogP contribution in [0, 0.1) is 5.82 Å². The van der Waals surface area contributed by atoms with Gasteiger partial charge in [-0.15, -0.1) is 0 Å². The van der Waals surface area contributed by atoms with Gasteiger partial charge in [-0.25, -0.2) is 4.39 Å². The van der Waals surface area contributed by atoms with E-state index in [9.17, 15) is 14.0 Å². The average Bonchev–Trinajstić information content (AvgIpc) is 2.34. The monoisotopic (exact) mass is 268 g/mol. The number of nitrogens with zero attached hydrogens (tertiary/aromatic N) is 1. The summed E-state index contributed by atoms with van der Waals surface area (Å²) in [6.07, 6.45) is 0.0862. The standard InChI is InChI=1S/C13H17FN2O3/c1-16(13(19)11(15)8-12(17)18)6-5-9-3-2-4-10(14)7-9/h2-4,7,11H,5-6,8,15H2,1H3,(H,17,18). The third-order valence-corrected chi connectivity index (χ3v) is 2.71. The first-order valence-corrected chi connectivity index (χ1v) is 5.87. The molecule has 0 aromatic heterocycles. The molecule has 0 aliphatic carbocycles. The van der Waals surface area contributed by atoms with Crippen molar-refractivity contribution in [1.82, 2.24) is 4.90 Å². The summed E-state index contributed by atoms with van der Waals surface area (Å²) in [5.41, 5.74) is 6.25. The van der Waals surface area contributed by atoms with Gasteiger partial charge in [0.15, 0.2) is 0 Å². The Kier molecular flexibility index (Phi) is 5.44. The second kappa shape index (κ2) is 6.84. The van der Waals surface area contributed by atoms with E-state index in [1.807, 2.05) is 0 Å². The average molecular weight is 268 g/mol. The van der Waals surface area contributed by atoms with Gasteiger partial charge in [-0.3, -0.25) is 9.59 Å². The minimum atomic E-state index is -1.11. The summed E-state index contributed by atoms with van der Waals surface area (Å²) >= 11 is 0. The van der Waals surface area contributed by atoms with Crippen LogP contribution in [0.4, 0.5) is 4.39 Å². The lowest BCUT2D eigenvalue weighted by molar-refractivity contribution is -0.141. The van der Waals surface area contributed by atoms with Crippen LogP contribution in [-0.4, -0.2) is 41.5 Å². The Morgan fingerprint density at radius 1 is 1.47 bits per heavy atom. The van der Waals surface area contributed by atoms with Crippen LogP contribution >= 0.6 is 0 Å². The fourth-order valence-corrected chi connectivity index (χ4v) is 1.66. The molecule has 0 saturated heterocycles. The molecule has 1 unspecified atom stereocenters. The van der Waals surface area contributed by atoms with Crippen molar-refractivity contribution in [3.63, 3.8) is 0 Å². The van der Waals surface area contributed by atoms with E-state index >= 15 is 0 Å². The van der Waals surface area contributed by atoms with Crippen LogP contribution < -0.4 is 5.73 Å². The molecule has 6 heteroatoms. The highest BCUT2D eigenvalue weighted by molar-refractivity contribution is 5.85. The summed E-state index contributed by atoms with van der Waals surface area (Å²) in [4.78, 5) is 23.6. The second-order valence-corrected chi connectivity index (χ2v) is 4.34. The number of likely N-dealkylation sites (N-methyl/N-ethyl adjacent to an activating group) is 1. The first kappa shape index (κ1) is 15.1. The molecule has 5 nitrogen and oxygen atoms in total. The van der Waals surface area contributed by atoms with Gasteiger partial charge in [-0.1, -0.05) is 12.1 Å². The first-order chi connectivity index (χ1) is 8.90. The van der Waals surface area contributed by atoms with Crippen LogP contribution in [0.2, 0.25) is 0 Å². The molecule has 1 amide bonds. The number of rotatable bonds is 6. The molecule has 1 rings (SSSR count). The number of carboxylic acid groups (broad SMARTS) is 1. The lowest BCUT2D eigenvalue weighted by atomic mass is 10.1. The van der Waals surface area contributed by atoms with E-state index in [0.717, 1.165) is 5.56 Å². The van der Waals surface area contributed by atoms with Crippen molar-refractivity contribution in [1.29, 1.82) is 0 Å². The molecule has 1 aromatic carbocycles. The molecule has 1 atom stereocenters. The zero-order valence-corrected chi connectivity index (χ0v) is 10.7. The Hall–Kier alpha value is -1.95. The van der Waals surface area contributed by atoms with E-state index < -0.39 is 24.3 Å². The van der Waals surface area contributed by atoms with Gasteiger partial charge in [-0.05, 0) is 24.1 Å². The Morgan fingerprint density at radius 3 is 2.74 bits per heavy atom. The van der Waals surface area contributed by atoms with Gasteiger partial charge in [0.05, 0.1) is 12.5 Å². The highest BCUT2D eigenvalue weighted by atomic mass is 19.1. The number of carboxylic acids is 1. The Bertz CT molecular complexity index is 465. The van der Waals surface area contributed by atoms with Gasteiger partial charge in [0.2, 0.25) is 5.91 Å². The molecular weight excluding hydrogens is 251 g/mol. The summed E-state index contributed by atoms with van der Waals surface area (Å²) in [5, 5.41) is 8.56. The number of hydrogen-bond donors (Lipinski definition) is 2. The van der Waals surface area contributed by atoms with Crippen LogP contribution in [0.1, 0.15) is 12.0 Å². The third-order valence-electron chi connectivity index (χ3n) is 2.71. The summed E-state index contributed by atoms with van der Waals surface area (Å²) in [5.74, 6) is -1.87. The highest BCUT2D eigenvalue weighted by Crippen LogP contribution is 2.05. The molecule has 0 aliphatic rings. The number of aliphatic carboxylic acids is 1. The topological polar surface area (TPSA) is 83.6 Å². The van der Waals surface area contributed by atoms with Gasteiger partial charge in [0, 0.05) is 13.6 Å². The molecular formula is C13H17FN2O3. The van der Waals surface area contributed by atoms with Crippen molar-refractivity contribution in [2.45, 2.75) is 18.9 Å². The number of carbonyl (C=O) groups excluding carboxylic acids is 1. The van der Waals surface area contributed by atoms with Gasteiger partial charge in [-0.2, -0.15) is 0 Å². The van der Waals surface area contributed by atoms with Crippen molar-refractivity contribution in [3.8, 4) is 0 Å². The molecule has 104 valence electrons. The number of benzene rings is 1. The fourth-order valence-electron chi connectivity index (χ4n) is 1.66. The fraction of sp³-hybridized carbons (Fsp3) is 0.385. The van der Waals surface area contributed by atoms with Crippen LogP contribution in [0.5, 0.6) is 0 Å². The van der Waals surface area contributed by atoms with Gasteiger partial charge >= 0.3 is 5.97 Å². The molecule has 0 aliphatic heterocycles. The highest BCUT2D eigenvalue weighted by Gasteiger charge is 2.20. The number of amides is 1. The zero-order valence-electron chi connectivity index (χ0n) is 10.7. The van der Waals surface area contributed by atoms with E-state index in [0.29, 0.717) is 13.0 Å². The molecule has 0 heterocycles. The maximum Gasteiger partial charge on any atom is 0.305 e. The summed E-state index contributed by atoms with van der Waals surface area (Å²) in [6, 6.07) is 5.06. The lowest BCUT2D eigenvalue weighted by Gasteiger charge is -2.20. The number of nitrogens with two attached hydrogens (primary N) is 1. The molecule has 0 saturated carbocycles. The minimum Gasteiger partial charge on any atom is -0.481 e. The Labute approximate surface area is 110 Å². The molecule has 0 radical (unpaired) electrons. The maximum absolute atomic E-state index is 13.0. The lowest BCUT2D eigenvalue weighted by Crippen LogP contribution is -2.43. The van der Waals surface area contributed by atoms with Crippen molar-refractivity contribution in [2.75, 3.05) is 13.6 Å². The van der Waals surface area contributed by atoms with Gasteiger partial charge < -0.3 is 15.7 Å². The predicted octanol–water partition coefficient (Wildman–Crippen LogP) is 0.629. The van der Waals surface area contributed by atoms with Crippen molar-refractivity contribution in [2.24, 2.45) is 5.73 Å². The van der Waals surface area contributed by atoms with Crippen molar-refractivity contribution >= 4 is 11.9 Å². The quantitative estimate of drug-likeness (QED) is 0.792. The largest absolute Gasteiger partial charge is 0.481 e. The minimum absolute atomic E-state index is 0.325. The zero-order chi connectivity index (χ0) is 14.4. The van der Waals surface area contributed by atoms with Crippen LogP contribution in [0.25, 0.3) is 0 Å². The van der Waals surface area contributed by atoms with E-state index in [1.165, 1.54) is 17.0 Å². The number of carbonyl (C=O) groups is 2. The molecule has 0 spiro atoms. The van der Waals surface area contributed by atoms with Crippen molar-refractivity contribution < 1.29 is 19.1 Å².